The number of sulfonamides is 1. The van der Waals surface area contributed by atoms with E-state index in [1.165, 1.54) is 4.31 Å². The molecule has 0 amide bonds. The smallest absolute Gasteiger partial charge is 0.243 e. The molecule has 25 heavy (non-hydrogen) atoms. The van der Waals surface area contributed by atoms with Crippen LogP contribution in [0.4, 0.5) is 0 Å². The predicted molar refractivity (Wildman–Crippen MR) is 95.9 cm³/mol. The van der Waals surface area contributed by atoms with Gasteiger partial charge < -0.3 is 4.74 Å². The van der Waals surface area contributed by atoms with E-state index in [9.17, 15) is 8.42 Å². The third-order valence-corrected chi connectivity index (χ3v) is 6.40. The lowest BCUT2D eigenvalue weighted by Gasteiger charge is -2.31. The van der Waals surface area contributed by atoms with Gasteiger partial charge in [0.25, 0.3) is 0 Å². The van der Waals surface area contributed by atoms with Crippen molar-refractivity contribution in [1.82, 2.24) is 14.1 Å². The minimum absolute atomic E-state index is 0.280. The quantitative estimate of drug-likeness (QED) is 0.819. The summed E-state index contributed by atoms with van der Waals surface area (Å²) in [6, 6.07) is 7.22. The zero-order valence-electron chi connectivity index (χ0n) is 14.9. The number of morpholine rings is 1. The van der Waals surface area contributed by atoms with Crippen molar-refractivity contribution in [1.29, 1.82) is 0 Å². The highest BCUT2D eigenvalue weighted by molar-refractivity contribution is 7.89. The first-order valence-electron chi connectivity index (χ1n) is 8.66. The Balaban J connectivity index is 1.83. The molecule has 0 spiro atoms. The first kappa shape index (κ1) is 18.1. The van der Waals surface area contributed by atoms with E-state index in [1.807, 2.05) is 29.9 Å². The zero-order chi connectivity index (χ0) is 18.0. The average molecular weight is 363 g/mol. The van der Waals surface area contributed by atoms with Crippen LogP contribution in [0.1, 0.15) is 43.9 Å². The van der Waals surface area contributed by atoms with Gasteiger partial charge in [0.1, 0.15) is 0 Å². The van der Waals surface area contributed by atoms with E-state index in [0.29, 0.717) is 24.6 Å². The number of hydrogen-bond donors (Lipinski definition) is 0. The Kier molecular flexibility index (Phi) is 5.27. The van der Waals surface area contributed by atoms with Crippen molar-refractivity contribution in [2.45, 2.75) is 44.2 Å². The molecule has 6 nitrogen and oxygen atoms in total. The second-order valence-electron chi connectivity index (χ2n) is 6.58. The molecule has 0 aliphatic carbocycles. The molecule has 1 aliphatic heterocycles. The number of ether oxygens (including phenoxy) is 1. The van der Waals surface area contributed by atoms with Crippen molar-refractivity contribution >= 4 is 10.0 Å². The van der Waals surface area contributed by atoms with Gasteiger partial charge in [-0.15, -0.1) is 0 Å². The largest absolute Gasteiger partial charge is 0.371 e. The third kappa shape index (κ3) is 3.78. The van der Waals surface area contributed by atoms with Crippen LogP contribution in [0.5, 0.6) is 0 Å². The topological polar surface area (TPSA) is 64.4 Å². The van der Waals surface area contributed by atoms with Gasteiger partial charge in [-0.05, 0) is 30.5 Å². The molecular formula is C18H25N3O3S. The summed E-state index contributed by atoms with van der Waals surface area (Å²) in [6.45, 7) is 7.96. The van der Waals surface area contributed by atoms with E-state index in [-0.39, 0.29) is 12.0 Å². The van der Waals surface area contributed by atoms with Crippen LogP contribution in [-0.4, -0.2) is 42.2 Å². The second-order valence-corrected chi connectivity index (χ2v) is 8.52. The normalized spacial score (nSPS) is 19.4. The van der Waals surface area contributed by atoms with Crippen molar-refractivity contribution in [3.63, 3.8) is 0 Å². The van der Waals surface area contributed by atoms with Crippen molar-refractivity contribution < 1.29 is 13.2 Å². The highest BCUT2D eigenvalue weighted by Crippen LogP contribution is 2.27. The van der Waals surface area contributed by atoms with Gasteiger partial charge in [-0.2, -0.15) is 9.40 Å². The maximum absolute atomic E-state index is 13.0. The van der Waals surface area contributed by atoms with Crippen LogP contribution >= 0.6 is 0 Å². The number of aromatic nitrogens is 2. The van der Waals surface area contributed by atoms with Crippen LogP contribution in [0.3, 0.4) is 0 Å². The number of benzene rings is 1. The van der Waals surface area contributed by atoms with Crippen molar-refractivity contribution in [2.75, 3.05) is 19.7 Å². The summed E-state index contributed by atoms with van der Waals surface area (Å²) in [5.41, 5.74) is 1.94. The molecule has 0 radical (unpaired) electrons. The lowest BCUT2D eigenvalue weighted by molar-refractivity contribution is -0.00260. The fraction of sp³-hybridized carbons (Fsp3) is 0.500. The van der Waals surface area contributed by atoms with Gasteiger partial charge in [0.2, 0.25) is 10.0 Å². The first-order chi connectivity index (χ1) is 11.9. The van der Waals surface area contributed by atoms with Crippen LogP contribution in [0.25, 0.3) is 0 Å². The predicted octanol–water partition coefficient (Wildman–Crippen LogP) is 2.79. The molecular weight excluding hydrogens is 338 g/mol. The number of nitrogens with zero attached hydrogens (tertiary/aromatic N) is 3. The van der Waals surface area contributed by atoms with Crippen molar-refractivity contribution in [3.8, 4) is 0 Å². The number of hydrogen-bond acceptors (Lipinski definition) is 4. The van der Waals surface area contributed by atoms with Gasteiger partial charge in [-0.3, -0.25) is 4.68 Å². The molecule has 1 fully saturated rings. The minimum atomic E-state index is -3.53. The zero-order valence-corrected chi connectivity index (χ0v) is 15.7. The van der Waals surface area contributed by atoms with Gasteiger partial charge in [0.05, 0.1) is 23.8 Å². The van der Waals surface area contributed by atoms with Gasteiger partial charge in [0.15, 0.2) is 0 Å². The van der Waals surface area contributed by atoms with Crippen LogP contribution in [0, 0.1) is 0 Å². The molecule has 2 heterocycles. The Bertz CT molecular complexity index is 830. The van der Waals surface area contributed by atoms with Gasteiger partial charge in [-0.1, -0.05) is 26.0 Å². The lowest BCUT2D eigenvalue weighted by Crippen LogP contribution is -2.42. The maximum Gasteiger partial charge on any atom is 0.243 e. The highest BCUT2D eigenvalue weighted by Gasteiger charge is 2.32. The summed E-state index contributed by atoms with van der Waals surface area (Å²) in [7, 11) is -3.53. The van der Waals surface area contributed by atoms with E-state index in [0.717, 1.165) is 17.7 Å². The molecule has 3 rings (SSSR count). The maximum atomic E-state index is 13.0. The Morgan fingerprint density at radius 3 is 2.84 bits per heavy atom. The van der Waals surface area contributed by atoms with Gasteiger partial charge in [0, 0.05) is 31.4 Å². The molecule has 1 saturated heterocycles. The molecule has 1 aliphatic rings. The molecule has 7 heteroatoms. The minimum Gasteiger partial charge on any atom is -0.371 e. The van der Waals surface area contributed by atoms with E-state index in [4.69, 9.17) is 4.74 Å². The first-order valence-corrected chi connectivity index (χ1v) is 10.1. The summed E-state index contributed by atoms with van der Waals surface area (Å²) in [5.74, 6) is 0.285. The standard InChI is InChI=1S/C18H25N3O3S/c1-4-20-12-16(11-19-20)18-13-21(8-9-24-18)25(22,23)17-7-5-6-15(10-17)14(2)3/h5-7,10-12,14,18H,4,8-9,13H2,1-3H3/t18-/m0/s1. The van der Waals surface area contributed by atoms with Crippen LogP contribution < -0.4 is 0 Å². The Morgan fingerprint density at radius 1 is 1.36 bits per heavy atom. The summed E-state index contributed by atoms with van der Waals surface area (Å²) in [5, 5.41) is 4.25. The van der Waals surface area contributed by atoms with Crippen molar-refractivity contribution in [3.05, 3.63) is 47.8 Å². The Hall–Kier alpha value is -1.70. The molecule has 1 aromatic heterocycles. The van der Waals surface area contributed by atoms with E-state index in [1.54, 1.807) is 18.3 Å². The van der Waals surface area contributed by atoms with E-state index in [2.05, 4.69) is 18.9 Å². The fourth-order valence-electron chi connectivity index (χ4n) is 2.95. The van der Waals surface area contributed by atoms with Gasteiger partial charge >= 0.3 is 0 Å². The highest BCUT2D eigenvalue weighted by atomic mass is 32.2. The third-order valence-electron chi connectivity index (χ3n) is 4.54. The van der Waals surface area contributed by atoms with Crippen molar-refractivity contribution in [2.24, 2.45) is 0 Å². The molecule has 0 unspecified atom stereocenters. The molecule has 1 atom stereocenters. The average Bonchev–Trinajstić information content (AvgIpc) is 3.11. The summed E-state index contributed by atoms with van der Waals surface area (Å²) in [6.07, 6.45) is 3.39. The molecule has 0 bridgehead atoms. The Morgan fingerprint density at radius 2 is 2.16 bits per heavy atom. The fourth-order valence-corrected chi connectivity index (χ4v) is 4.43. The second kappa shape index (κ2) is 7.27. The van der Waals surface area contributed by atoms with E-state index < -0.39 is 10.0 Å². The summed E-state index contributed by atoms with van der Waals surface area (Å²) >= 11 is 0. The number of aryl methyl sites for hydroxylation is 1. The van der Waals surface area contributed by atoms with Crippen LogP contribution in [0.15, 0.2) is 41.6 Å². The lowest BCUT2D eigenvalue weighted by atomic mass is 10.0. The molecule has 0 N–H and O–H groups in total. The molecule has 1 aromatic carbocycles. The SMILES string of the molecule is CCn1cc([C@@H]2CN(S(=O)(=O)c3cccc(C(C)C)c3)CCO2)cn1. The number of rotatable bonds is 5. The summed E-state index contributed by atoms with van der Waals surface area (Å²) in [4.78, 5) is 0.351. The molecule has 0 saturated carbocycles. The Labute approximate surface area is 149 Å². The monoisotopic (exact) mass is 363 g/mol. The van der Waals surface area contributed by atoms with Gasteiger partial charge in [-0.25, -0.2) is 8.42 Å². The van der Waals surface area contributed by atoms with E-state index >= 15 is 0 Å². The summed E-state index contributed by atoms with van der Waals surface area (Å²) < 4.78 is 35.2. The van der Waals surface area contributed by atoms with Crippen LogP contribution in [-0.2, 0) is 21.3 Å². The van der Waals surface area contributed by atoms with Crippen LogP contribution in [0.2, 0.25) is 0 Å². The molecule has 2 aromatic rings. The molecule has 136 valence electrons.